The Morgan fingerprint density at radius 2 is 1.83 bits per heavy atom. The van der Waals surface area contributed by atoms with Crippen LogP contribution in [0.15, 0.2) is 11.6 Å². The van der Waals surface area contributed by atoms with Crippen LogP contribution in [0.1, 0.15) is 79.6 Å². The molecule has 1 heteroatoms. The van der Waals surface area contributed by atoms with E-state index >= 15 is 0 Å². The predicted molar refractivity (Wildman–Crippen MR) is 101 cm³/mol. The first-order valence-corrected chi connectivity index (χ1v) is 10.7. The van der Waals surface area contributed by atoms with Gasteiger partial charge in [0.15, 0.2) is 0 Å². The van der Waals surface area contributed by atoms with E-state index in [1.807, 2.05) is 0 Å². The minimum Gasteiger partial charge on any atom is -0.389 e. The minimum atomic E-state index is -0.183. The van der Waals surface area contributed by atoms with Crippen LogP contribution in [0.25, 0.3) is 0 Å². The Morgan fingerprint density at radius 1 is 1.08 bits per heavy atom. The Morgan fingerprint density at radius 3 is 2.54 bits per heavy atom. The summed E-state index contributed by atoms with van der Waals surface area (Å²) in [5.41, 5.74) is 2.58. The first kappa shape index (κ1) is 17.1. The number of fused-ring (bicyclic) bond motifs is 5. The average Bonchev–Trinajstić information content (AvgIpc) is 2.79. The van der Waals surface area contributed by atoms with Crippen molar-refractivity contribution in [1.82, 2.24) is 0 Å². The molecule has 4 aliphatic rings. The summed E-state index contributed by atoms with van der Waals surface area (Å²) >= 11 is 0. The standard InChI is InChI=1S/C23H38O/c1-6-18-15(3)12-21-17-11-14(2)20-13-16(24)7-9-23(20,5)19(17)8-10-22(18,21)4/h13-19,21,24H,6-12H2,1-5H3/t14-,15+,16-,17+,18-,19-,21-,22+,23+/m0/s1. The lowest BCUT2D eigenvalue weighted by Crippen LogP contribution is -2.52. The molecule has 1 N–H and O–H groups in total. The molecule has 0 aromatic heterocycles. The number of aliphatic hydroxyl groups excluding tert-OH is 1. The van der Waals surface area contributed by atoms with Gasteiger partial charge in [-0.2, -0.15) is 0 Å². The molecule has 4 rings (SSSR count). The molecule has 0 unspecified atom stereocenters. The number of hydrogen-bond acceptors (Lipinski definition) is 1. The van der Waals surface area contributed by atoms with Crippen molar-refractivity contribution in [3.8, 4) is 0 Å². The molecule has 0 radical (unpaired) electrons. The quantitative estimate of drug-likeness (QED) is 0.600. The highest BCUT2D eigenvalue weighted by molar-refractivity contribution is 5.27. The average molecular weight is 331 g/mol. The summed E-state index contributed by atoms with van der Waals surface area (Å²) in [5.74, 6) is 5.27. The number of allylic oxidation sites excluding steroid dienone is 1. The summed E-state index contributed by atoms with van der Waals surface area (Å²) in [6.07, 6.45) is 11.4. The fourth-order valence-corrected chi connectivity index (χ4v) is 8.48. The monoisotopic (exact) mass is 330 g/mol. The minimum absolute atomic E-state index is 0.183. The molecule has 0 aliphatic heterocycles. The molecule has 9 atom stereocenters. The SMILES string of the molecule is CC[C@H]1[C@H](C)C[C@H]2[C@@H]3C[C@H](C)C4=C[C@@H](O)CC[C@]4(C)[C@H]3CC[C@@]21C. The molecule has 0 saturated heterocycles. The predicted octanol–water partition coefficient (Wildman–Crippen LogP) is 5.83. The molecule has 4 aliphatic carbocycles. The second-order valence-electron chi connectivity index (χ2n) is 10.4. The van der Waals surface area contributed by atoms with Gasteiger partial charge >= 0.3 is 0 Å². The van der Waals surface area contributed by atoms with Gasteiger partial charge in [-0.15, -0.1) is 0 Å². The van der Waals surface area contributed by atoms with E-state index in [1.165, 1.54) is 38.5 Å². The molecule has 0 bridgehead atoms. The van der Waals surface area contributed by atoms with Crippen LogP contribution in [-0.4, -0.2) is 11.2 Å². The van der Waals surface area contributed by atoms with Crippen LogP contribution in [0.3, 0.4) is 0 Å². The van der Waals surface area contributed by atoms with E-state index in [4.69, 9.17) is 0 Å². The lowest BCUT2D eigenvalue weighted by atomic mass is 9.45. The van der Waals surface area contributed by atoms with E-state index in [2.05, 4.69) is 40.7 Å². The molecule has 0 aromatic rings. The molecular weight excluding hydrogens is 292 g/mol. The lowest BCUT2D eigenvalue weighted by molar-refractivity contribution is -0.0661. The van der Waals surface area contributed by atoms with Crippen molar-refractivity contribution in [3.05, 3.63) is 11.6 Å². The van der Waals surface area contributed by atoms with Crippen molar-refractivity contribution in [1.29, 1.82) is 0 Å². The third kappa shape index (κ3) is 2.15. The van der Waals surface area contributed by atoms with E-state index < -0.39 is 0 Å². The third-order valence-corrected chi connectivity index (χ3v) is 9.44. The molecular formula is C23H38O. The Bertz CT molecular complexity index is 536. The summed E-state index contributed by atoms with van der Waals surface area (Å²) in [6, 6.07) is 0. The van der Waals surface area contributed by atoms with Crippen LogP contribution in [0.5, 0.6) is 0 Å². The van der Waals surface area contributed by atoms with Gasteiger partial charge in [-0.05, 0) is 84.9 Å². The molecule has 3 saturated carbocycles. The normalized spacial score (nSPS) is 56.9. The molecule has 0 heterocycles. The summed E-state index contributed by atoms with van der Waals surface area (Å²) in [4.78, 5) is 0. The molecule has 0 spiro atoms. The van der Waals surface area contributed by atoms with Gasteiger partial charge in [0.25, 0.3) is 0 Å². The number of rotatable bonds is 1. The molecule has 3 fully saturated rings. The van der Waals surface area contributed by atoms with Gasteiger partial charge in [0.2, 0.25) is 0 Å². The molecule has 24 heavy (non-hydrogen) atoms. The summed E-state index contributed by atoms with van der Waals surface area (Å²) in [5, 5.41) is 10.2. The fourth-order valence-electron chi connectivity index (χ4n) is 8.48. The highest BCUT2D eigenvalue weighted by Gasteiger charge is 2.60. The second-order valence-corrected chi connectivity index (χ2v) is 10.4. The Kier molecular flexibility index (Phi) is 4.00. The van der Waals surface area contributed by atoms with Crippen LogP contribution >= 0.6 is 0 Å². The van der Waals surface area contributed by atoms with E-state index in [1.54, 1.807) is 5.57 Å². The van der Waals surface area contributed by atoms with Crippen LogP contribution in [0.2, 0.25) is 0 Å². The first-order valence-electron chi connectivity index (χ1n) is 10.7. The number of hydrogen-bond donors (Lipinski definition) is 1. The van der Waals surface area contributed by atoms with Crippen LogP contribution in [-0.2, 0) is 0 Å². The van der Waals surface area contributed by atoms with Gasteiger partial charge in [0.05, 0.1) is 6.10 Å². The largest absolute Gasteiger partial charge is 0.389 e. The van der Waals surface area contributed by atoms with Gasteiger partial charge in [-0.3, -0.25) is 0 Å². The zero-order valence-corrected chi connectivity index (χ0v) is 16.5. The Hall–Kier alpha value is -0.300. The second kappa shape index (κ2) is 5.60. The topological polar surface area (TPSA) is 20.2 Å². The van der Waals surface area contributed by atoms with E-state index in [0.717, 1.165) is 36.0 Å². The van der Waals surface area contributed by atoms with Gasteiger partial charge in [0.1, 0.15) is 0 Å². The maximum atomic E-state index is 10.2. The van der Waals surface area contributed by atoms with Crippen molar-refractivity contribution in [2.75, 3.05) is 0 Å². The molecule has 0 amide bonds. The van der Waals surface area contributed by atoms with Gasteiger partial charge in [-0.25, -0.2) is 0 Å². The van der Waals surface area contributed by atoms with Crippen LogP contribution in [0.4, 0.5) is 0 Å². The summed E-state index contributed by atoms with van der Waals surface area (Å²) in [7, 11) is 0. The highest BCUT2D eigenvalue weighted by atomic mass is 16.3. The van der Waals surface area contributed by atoms with Crippen molar-refractivity contribution in [2.45, 2.75) is 85.7 Å². The van der Waals surface area contributed by atoms with Crippen molar-refractivity contribution < 1.29 is 5.11 Å². The smallest absolute Gasteiger partial charge is 0.0724 e. The van der Waals surface area contributed by atoms with E-state index in [0.29, 0.717) is 16.7 Å². The fraction of sp³-hybridized carbons (Fsp3) is 0.913. The highest BCUT2D eigenvalue weighted by Crippen LogP contribution is 2.68. The van der Waals surface area contributed by atoms with Crippen LogP contribution in [0, 0.1) is 46.3 Å². The van der Waals surface area contributed by atoms with Gasteiger partial charge < -0.3 is 5.11 Å². The summed E-state index contributed by atoms with van der Waals surface area (Å²) in [6.45, 7) is 12.6. The maximum Gasteiger partial charge on any atom is 0.0724 e. The Balaban J connectivity index is 1.70. The first-order chi connectivity index (χ1) is 11.3. The zero-order valence-electron chi connectivity index (χ0n) is 16.5. The summed E-state index contributed by atoms with van der Waals surface area (Å²) < 4.78 is 0. The van der Waals surface area contributed by atoms with Gasteiger partial charge in [0, 0.05) is 0 Å². The van der Waals surface area contributed by atoms with Crippen LogP contribution < -0.4 is 0 Å². The zero-order chi connectivity index (χ0) is 17.3. The van der Waals surface area contributed by atoms with E-state index in [9.17, 15) is 5.11 Å². The molecule has 1 nitrogen and oxygen atoms in total. The third-order valence-electron chi connectivity index (χ3n) is 9.44. The van der Waals surface area contributed by atoms with Gasteiger partial charge in [-0.1, -0.05) is 52.7 Å². The van der Waals surface area contributed by atoms with Crippen molar-refractivity contribution in [2.24, 2.45) is 46.3 Å². The van der Waals surface area contributed by atoms with Crippen molar-refractivity contribution >= 4 is 0 Å². The lowest BCUT2D eigenvalue weighted by Gasteiger charge is -2.60. The Labute approximate surface area is 149 Å². The maximum absolute atomic E-state index is 10.2. The van der Waals surface area contributed by atoms with Crippen molar-refractivity contribution in [3.63, 3.8) is 0 Å². The number of aliphatic hydroxyl groups is 1. The van der Waals surface area contributed by atoms with E-state index in [-0.39, 0.29) is 6.10 Å². The molecule has 136 valence electrons. The molecule has 0 aromatic carbocycles.